The Hall–Kier alpha value is -1.79. The van der Waals surface area contributed by atoms with Gasteiger partial charge in [-0.1, -0.05) is 0 Å². The molecule has 0 atom stereocenters. The summed E-state index contributed by atoms with van der Waals surface area (Å²) in [5, 5.41) is 11.2. The summed E-state index contributed by atoms with van der Waals surface area (Å²) in [6.45, 7) is 3.30. The summed E-state index contributed by atoms with van der Waals surface area (Å²) in [5.41, 5.74) is 0.233. The van der Waals surface area contributed by atoms with Crippen LogP contribution in [-0.2, 0) is 24.2 Å². The Morgan fingerprint density at radius 2 is 1.64 bits per heavy atom. The molecule has 0 unspecified atom stereocenters. The first-order valence-electron chi connectivity index (χ1n) is 9.31. The first kappa shape index (κ1) is 19.5. The third kappa shape index (κ3) is 3.60. The van der Waals surface area contributed by atoms with Crippen molar-refractivity contribution in [1.82, 2.24) is 4.31 Å². The van der Waals surface area contributed by atoms with Crippen LogP contribution in [-0.4, -0.2) is 76.0 Å². The van der Waals surface area contributed by atoms with Crippen LogP contribution < -0.4 is 4.90 Å². The smallest absolute Gasteiger partial charge is 0.270 e. The second kappa shape index (κ2) is 7.56. The van der Waals surface area contributed by atoms with E-state index in [2.05, 4.69) is 0 Å². The van der Waals surface area contributed by atoms with Crippen LogP contribution in [0.25, 0.3) is 0 Å². The standard InChI is InChI=1S/C17H23N3O7S/c21-20(22)14-1-2-15(18-5-3-17(4-6-18)26-11-12-27-17)16(13-14)28(23,24)19-7-9-25-10-8-19/h1-2,13H,3-12H2. The van der Waals surface area contributed by atoms with Gasteiger partial charge in [0, 0.05) is 51.2 Å². The molecule has 3 aliphatic heterocycles. The van der Waals surface area contributed by atoms with Crippen molar-refractivity contribution in [2.24, 2.45) is 0 Å². The Bertz CT molecular complexity index is 838. The zero-order valence-electron chi connectivity index (χ0n) is 15.4. The summed E-state index contributed by atoms with van der Waals surface area (Å²) in [6, 6.07) is 4.04. The molecule has 0 aliphatic carbocycles. The van der Waals surface area contributed by atoms with Crippen LogP contribution in [0.5, 0.6) is 0 Å². The number of nitrogens with zero attached hydrogens (tertiary/aromatic N) is 3. The number of sulfonamides is 1. The highest BCUT2D eigenvalue weighted by molar-refractivity contribution is 7.89. The van der Waals surface area contributed by atoms with E-state index < -0.39 is 20.7 Å². The number of non-ortho nitro benzene ring substituents is 1. The Labute approximate surface area is 163 Å². The maximum atomic E-state index is 13.2. The maximum absolute atomic E-state index is 13.2. The van der Waals surface area contributed by atoms with Gasteiger partial charge < -0.3 is 19.1 Å². The minimum atomic E-state index is -3.88. The normalized spacial score (nSPS) is 23.2. The van der Waals surface area contributed by atoms with Crippen molar-refractivity contribution in [2.45, 2.75) is 23.5 Å². The first-order valence-corrected chi connectivity index (χ1v) is 10.7. The Kier molecular flexibility index (Phi) is 5.27. The molecule has 0 N–H and O–H groups in total. The highest BCUT2D eigenvalue weighted by Gasteiger charge is 2.41. The van der Waals surface area contributed by atoms with E-state index in [9.17, 15) is 18.5 Å². The quantitative estimate of drug-likeness (QED) is 0.530. The molecule has 3 aliphatic rings. The van der Waals surface area contributed by atoms with Crippen LogP contribution in [0.4, 0.5) is 11.4 Å². The fourth-order valence-electron chi connectivity index (χ4n) is 3.88. The Morgan fingerprint density at radius 1 is 1.00 bits per heavy atom. The van der Waals surface area contributed by atoms with Crippen LogP contribution in [0.2, 0.25) is 0 Å². The summed E-state index contributed by atoms with van der Waals surface area (Å²) in [5.74, 6) is -0.583. The van der Waals surface area contributed by atoms with Crippen molar-refractivity contribution in [2.75, 3.05) is 57.5 Å². The number of hydrogen-bond acceptors (Lipinski definition) is 8. The molecule has 3 saturated heterocycles. The van der Waals surface area contributed by atoms with E-state index in [1.54, 1.807) is 0 Å². The van der Waals surface area contributed by atoms with E-state index >= 15 is 0 Å². The molecule has 1 aromatic rings. The third-order valence-corrected chi connectivity index (χ3v) is 7.35. The third-order valence-electron chi connectivity index (χ3n) is 5.42. The number of morpholine rings is 1. The number of ether oxygens (including phenoxy) is 3. The molecule has 0 bridgehead atoms. The van der Waals surface area contributed by atoms with E-state index in [-0.39, 0.29) is 23.7 Å². The van der Waals surface area contributed by atoms with E-state index in [0.717, 1.165) is 6.07 Å². The minimum Gasteiger partial charge on any atom is -0.379 e. The molecule has 3 fully saturated rings. The number of rotatable bonds is 4. The molecular weight excluding hydrogens is 390 g/mol. The maximum Gasteiger partial charge on any atom is 0.270 e. The lowest BCUT2D eigenvalue weighted by Crippen LogP contribution is -2.46. The predicted molar refractivity (Wildman–Crippen MR) is 98.8 cm³/mol. The average molecular weight is 413 g/mol. The van der Waals surface area contributed by atoms with Gasteiger partial charge in [-0.15, -0.1) is 0 Å². The predicted octanol–water partition coefficient (Wildman–Crippen LogP) is 0.959. The second-order valence-electron chi connectivity index (χ2n) is 7.02. The fourth-order valence-corrected chi connectivity index (χ4v) is 5.52. The molecule has 0 saturated carbocycles. The highest BCUT2D eigenvalue weighted by atomic mass is 32.2. The lowest BCUT2D eigenvalue weighted by Gasteiger charge is -2.39. The van der Waals surface area contributed by atoms with Crippen molar-refractivity contribution < 1.29 is 27.6 Å². The van der Waals surface area contributed by atoms with Crippen LogP contribution in [0, 0.1) is 10.1 Å². The van der Waals surface area contributed by atoms with Crippen LogP contribution >= 0.6 is 0 Å². The largest absolute Gasteiger partial charge is 0.379 e. The molecule has 1 aromatic carbocycles. The van der Waals surface area contributed by atoms with Crippen LogP contribution in [0.3, 0.4) is 0 Å². The molecule has 3 heterocycles. The molecule has 11 heteroatoms. The summed E-state index contributed by atoms with van der Waals surface area (Å²) in [4.78, 5) is 12.6. The minimum absolute atomic E-state index is 0.0344. The van der Waals surface area contributed by atoms with Crippen molar-refractivity contribution in [3.63, 3.8) is 0 Å². The topological polar surface area (TPSA) is 111 Å². The van der Waals surface area contributed by atoms with Gasteiger partial charge in [0.1, 0.15) is 4.90 Å². The Morgan fingerprint density at radius 3 is 2.25 bits per heavy atom. The van der Waals surface area contributed by atoms with Crippen molar-refractivity contribution in [3.8, 4) is 0 Å². The van der Waals surface area contributed by atoms with E-state index in [1.807, 2.05) is 4.90 Å². The number of nitro groups is 1. The molecule has 0 radical (unpaired) electrons. The van der Waals surface area contributed by atoms with Gasteiger partial charge in [0.2, 0.25) is 10.0 Å². The number of hydrogen-bond donors (Lipinski definition) is 0. The fraction of sp³-hybridized carbons (Fsp3) is 0.647. The summed E-state index contributed by atoms with van der Waals surface area (Å²) >= 11 is 0. The van der Waals surface area contributed by atoms with Gasteiger partial charge >= 0.3 is 0 Å². The van der Waals surface area contributed by atoms with Gasteiger partial charge in [0.25, 0.3) is 5.69 Å². The number of piperidine rings is 1. The number of anilines is 1. The van der Waals surface area contributed by atoms with Crippen LogP contribution in [0.15, 0.2) is 23.1 Å². The van der Waals surface area contributed by atoms with Gasteiger partial charge in [0.05, 0.1) is 37.0 Å². The average Bonchev–Trinajstić information content (AvgIpc) is 3.17. The van der Waals surface area contributed by atoms with Gasteiger partial charge in [0.15, 0.2) is 5.79 Å². The SMILES string of the molecule is O=[N+]([O-])c1ccc(N2CCC3(CC2)OCCO3)c(S(=O)(=O)N2CCOCC2)c1. The Balaban J connectivity index is 1.66. The molecule has 4 rings (SSSR count). The van der Waals surface area contributed by atoms with Crippen molar-refractivity contribution in [1.29, 1.82) is 0 Å². The first-order chi connectivity index (χ1) is 13.4. The zero-order chi connectivity index (χ0) is 19.8. The van der Waals surface area contributed by atoms with E-state index in [1.165, 1.54) is 16.4 Å². The molecule has 28 heavy (non-hydrogen) atoms. The van der Waals surface area contributed by atoms with Crippen LogP contribution in [0.1, 0.15) is 12.8 Å². The monoisotopic (exact) mass is 413 g/mol. The van der Waals surface area contributed by atoms with E-state index in [0.29, 0.717) is 58.0 Å². The lowest BCUT2D eigenvalue weighted by molar-refractivity contribution is -0.385. The molecule has 0 aromatic heterocycles. The van der Waals surface area contributed by atoms with Gasteiger partial charge in [-0.2, -0.15) is 4.31 Å². The number of benzene rings is 1. The second-order valence-corrected chi connectivity index (χ2v) is 8.93. The molecule has 10 nitrogen and oxygen atoms in total. The highest BCUT2D eigenvalue weighted by Crippen LogP contribution is 2.37. The summed E-state index contributed by atoms with van der Waals surface area (Å²) < 4.78 is 44.5. The number of nitro benzene ring substituents is 1. The molecule has 154 valence electrons. The molecule has 0 amide bonds. The molecule has 1 spiro atoms. The summed E-state index contributed by atoms with van der Waals surface area (Å²) in [7, 11) is -3.88. The summed E-state index contributed by atoms with van der Waals surface area (Å²) in [6.07, 6.45) is 1.22. The van der Waals surface area contributed by atoms with Gasteiger partial charge in [-0.3, -0.25) is 10.1 Å². The van der Waals surface area contributed by atoms with E-state index in [4.69, 9.17) is 14.2 Å². The van der Waals surface area contributed by atoms with Gasteiger partial charge in [-0.25, -0.2) is 8.42 Å². The van der Waals surface area contributed by atoms with Gasteiger partial charge in [-0.05, 0) is 6.07 Å². The zero-order valence-corrected chi connectivity index (χ0v) is 16.2. The van der Waals surface area contributed by atoms with Crippen molar-refractivity contribution >= 4 is 21.4 Å². The molecular formula is C17H23N3O7S. The lowest BCUT2D eigenvalue weighted by atomic mass is 10.0. The van der Waals surface area contributed by atoms with Crippen molar-refractivity contribution in [3.05, 3.63) is 28.3 Å².